The zero-order valence-electron chi connectivity index (χ0n) is 7.93. The fourth-order valence-corrected chi connectivity index (χ4v) is 1.32. The second-order valence-corrected chi connectivity index (χ2v) is 3.09. The van der Waals surface area contributed by atoms with E-state index in [1.165, 1.54) is 5.56 Å². The smallest absolute Gasteiger partial charge is 0.0510 e. The van der Waals surface area contributed by atoms with Crippen molar-refractivity contribution < 1.29 is 0 Å². The van der Waals surface area contributed by atoms with Gasteiger partial charge in [-0.3, -0.25) is 0 Å². The highest BCUT2D eigenvalue weighted by Gasteiger charge is 1.91. The molecular formula is C11H13N3. The number of hydrogen-bond donors (Lipinski definition) is 1. The number of aromatic nitrogens is 2. The summed E-state index contributed by atoms with van der Waals surface area (Å²) in [5, 5.41) is 4.05. The van der Waals surface area contributed by atoms with Crippen molar-refractivity contribution in [1.82, 2.24) is 9.89 Å². The quantitative estimate of drug-likeness (QED) is 0.789. The van der Waals surface area contributed by atoms with Crippen LogP contribution in [0.2, 0.25) is 0 Å². The first-order chi connectivity index (χ1) is 6.95. The van der Waals surface area contributed by atoms with Crippen LogP contribution in [0.3, 0.4) is 0 Å². The Bertz CT molecular complexity index is 353. The van der Waals surface area contributed by atoms with Crippen molar-refractivity contribution in [3.63, 3.8) is 0 Å². The van der Waals surface area contributed by atoms with Gasteiger partial charge in [0.1, 0.15) is 0 Å². The third-order valence-corrected chi connectivity index (χ3v) is 2.03. The number of rotatable bonds is 4. The molecule has 0 saturated heterocycles. The standard InChI is InChI=1S/C11H13N3/c1-2-5-11(6-3-1)7-9-13-14-10-4-8-12-14/h1-6,8,10,13H,7,9H2. The van der Waals surface area contributed by atoms with Gasteiger partial charge in [-0.1, -0.05) is 30.3 Å². The lowest BCUT2D eigenvalue weighted by Crippen LogP contribution is -2.17. The molecule has 3 nitrogen and oxygen atoms in total. The van der Waals surface area contributed by atoms with Crippen molar-refractivity contribution in [3.05, 3.63) is 54.4 Å². The van der Waals surface area contributed by atoms with Crippen molar-refractivity contribution in [2.24, 2.45) is 0 Å². The minimum atomic E-state index is 0.895. The lowest BCUT2D eigenvalue weighted by Gasteiger charge is -2.05. The maximum atomic E-state index is 4.05. The molecule has 1 heterocycles. The monoisotopic (exact) mass is 187 g/mol. The van der Waals surface area contributed by atoms with Crippen LogP contribution in [0.15, 0.2) is 48.8 Å². The Hall–Kier alpha value is -1.77. The lowest BCUT2D eigenvalue weighted by molar-refractivity contribution is 0.726. The SMILES string of the molecule is c1ccc(CCNn2cccn2)cc1. The van der Waals surface area contributed by atoms with Gasteiger partial charge in [0.2, 0.25) is 0 Å². The summed E-state index contributed by atoms with van der Waals surface area (Å²) in [5.41, 5.74) is 4.52. The molecule has 14 heavy (non-hydrogen) atoms. The number of nitrogens with zero attached hydrogens (tertiary/aromatic N) is 2. The van der Waals surface area contributed by atoms with E-state index in [0.29, 0.717) is 0 Å². The Morgan fingerprint density at radius 2 is 2.00 bits per heavy atom. The summed E-state index contributed by atoms with van der Waals surface area (Å²) in [5.74, 6) is 0. The van der Waals surface area contributed by atoms with Gasteiger partial charge in [0, 0.05) is 12.7 Å². The Morgan fingerprint density at radius 3 is 2.71 bits per heavy atom. The van der Waals surface area contributed by atoms with Crippen LogP contribution >= 0.6 is 0 Å². The van der Waals surface area contributed by atoms with Crippen molar-refractivity contribution in [1.29, 1.82) is 0 Å². The average Bonchev–Trinajstić information content (AvgIpc) is 2.72. The topological polar surface area (TPSA) is 29.9 Å². The molecule has 0 saturated carbocycles. The minimum absolute atomic E-state index is 0.895. The van der Waals surface area contributed by atoms with Crippen molar-refractivity contribution in [2.75, 3.05) is 12.0 Å². The molecule has 3 heteroatoms. The third kappa shape index (κ3) is 2.36. The predicted molar refractivity (Wildman–Crippen MR) is 56.6 cm³/mol. The zero-order valence-corrected chi connectivity index (χ0v) is 7.93. The molecule has 0 fully saturated rings. The van der Waals surface area contributed by atoms with Crippen LogP contribution in [0.5, 0.6) is 0 Å². The van der Waals surface area contributed by atoms with Gasteiger partial charge in [0.25, 0.3) is 0 Å². The molecule has 1 aromatic carbocycles. The van der Waals surface area contributed by atoms with Crippen LogP contribution < -0.4 is 5.43 Å². The van der Waals surface area contributed by atoms with Crippen LogP contribution in [0, 0.1) is 0 Å². The fourth-order valence-electron chi connectivity index (χ4n) is 1.32. The fraction of sp³-hybridized carbons (Fsp3) is 0.182. The molecule has 0 unspecified atom stereocenters. The van der Waals surface area contributed by atoms with E-state index in [1.807, 2.05) is 18.3 Å². The first-order valence-electron chi connectivity index (χ1n) is 4.72. The molecule has 0 aliphatic rings. The summed E-state index contributed by atoms with van der Waals surface area (Å²) in [6.07, 6.45) is 4.67. The van der Waals surface area contributed by atoms with E-state index < -0.39 is 0 Å². The summed E-state index contributed by atoms with van der Waals surface area (Å²) >= 11 is 0. The van der Waals surface area contributed by atoms with Crippen LogP contribution in [-0.4, -0.2) is 16.4 Å². The predicted octanol–water partition coefficient (Wildman–Crippen LogP) is 1.67. The van der Waals surface area contributed by atoms with Gasteiger partial charge in [-0.05, 0) is 18.1 Å². The van der Waals surface area contributed by atoms with E-state index in [4.69, 9.17) is 0 Å². The highest BCUT2D eigenvalue weighted by atomic mass is 15.5. The second-order valence-electron chi connectivity index (χ2n) is 3.09. The second kappa shape index (κ2) is 4.46. The van der Waals surface area contributed by atoms with Crippen molar-refractivity contribution in [3.8, 4) is 0 Å². The lowest BCUT2D eigenvalue weighted by atomic mass is 10.2. The number of hydrogen-bond acceptors (Lipinski definition) is 2. The normalized spacial score (nSPS) is 10.0. The summed E-state index contributed by atoms with van der Waals surface area (Å²) in [4.78, 5) is 1.73. The first-order valence-corrected chi connectivity index (χ1v) is 4.72. The van der Waals surface area contributed by atoms with Gasteiger partial charge in [-0.25, -0.2) is 0 Å². The molecule has 2 rings (SSSR count). The molecule has 0 radical (unpaired) electrons. The molecule has 0 amide bonds. The van der Waals surface area contributed by atoms with Crippen LogP contribution in [0.1, 0.15) is 5.56 Å². The molecule has 0 aliphatic carbocycles. The Kier molecular flexibility index (Phi) is 2.81. The maximum absolute atomic E-state index is 4.05. The molecule has 1 aromatic heterocycles. The molecule has 0 aliphatic heterocycles. The van der Waals surface area contributed by atoms with Gasteiger partial charge in [0.05, 0.1) is 6.20 Å². The van der Waals surface area contributed by atoms with E-state index in [0.717, 1.165) is 13.0 Å². The number of nitrogens with one attached hydrogen (secondary N) is 1. The highest BCUT2D eigenvalue weighted by Crippen LogP contribution is 1.98. The van der Waals surface area contributed by atoms with Crippen molar-refractivity contribution >= 4 is 0 Å². The minimum Gasteiger partial charge on any atom is -0.310 e. The molecule has 0 bridgehead atoms. The maximum Gasteiger partial charge on any atom is 0.0510 e. The summed E-state index contributed by atoms with van der Waals surface area (Å²) < 4.78 is 0. The molecular weight excluding hydrogens is 174 g/mol. The Labute approximate surface area is 83.3 Å². The molecule has 0 atom stereocenters. The van der Waals surface area contributed by atoms with E-state index in [1.54, 1.807) is 11.0 Å². The largest absolute Gasteiger partial charge is 0.310 e. The number of benzene rings is 1. The van der Waals surface area contributed by atoms with Crippen LogP contribution in [-0.2, 0) is 6.42 Å². The summed E-state index contributed by atoms with van der Waals surface area (Å²) in [6.45, 7) is 0.895. The van der Waals surface area contributed by atoms with Gasteiger partial charge in [-0.15, -0.1) is 0 Å². The van der Waals surface area contributed by atoms with Crippen LogP contribution in [0.4, 0.5) is 0 Å². The zero-order chi connectivity index (χ0) is 9.64. The van der Waals surface area contributed by atoms with Gasteiger partial charge < -0.3 is 5.43 Å². The molecule has 1 N–H and O–H groups in total. The summed E-state index contributed by atoms with van der Waals surface area (Å²) in [7, 11) is 0. The van der Waals surface area contributed by atoms with E-state index >= 15 is 0 Å². The van der Waals surface area contributed by atoms with Crippen molar-refractivity contribution in [2.45, 2.75) is 6.42 Å². The van der Waals surface area contributed by atoms with Gasteiger partial charge in [0.15, 0.2) is 0 Å². The van der Waals surface area contributed by atoms with E-state index in [2.05, 4.69) is 34.8 Å². The van der Waals surface area contributed by atoms with Gasteiger partial charge >= 0.3 is 0 Å². The van der Waals surface area contributed by atoms with Crippen LogP contribution in [0.25, 0.3) is 0 Å². The highest BCUT2D eigenvalue weighted by molar-refractivity contribution is 5.15. The summed E-state index contributed by atoms with van der Waals surface area (Å²) in [6, 6.07) is 12.3. The Balaban J connectivity index is 1.79. The van der Waals surface area contributed by atoms with Gasteiger partial charge in [-0.2, -0.15) is 9.89 Å². The first kappa shape index (κ1) is 8.81. The average molecular weight is 187 g/mol. The van der Waals surface area contributed by atoms with E-state index in [9.17, 15) is 0 Å². The molecule has 0 spiro atoms. The van der Waals surface area contributed by atoms with E-state index in [-0.39, 0.29) is 0 Å². The molecule has 72 valence electrons. The third-order valence-electron chi connectivity index (χ3n) is 2.03. The molecule has 2 aromatic rings. The Morgan fingerprint density at radius 1 is 1.14 bits per heavy atom.